The van der Waals surface area contributed by atoms with Crippen LogP contribution in [0.4, 0.5) is 22.0 Å². The number of carbonyl (C=O) groups is 1. The molecular formula is C15H10F5NO. The minimum absolute atomic E-state index is 0.120. The number of amides is 1. The fourth-order valence-electron chi connectivity index (χ4n) is 1.78. The number of benzene rings is 2. The topological polar surface area (TPSA) is 29.1 Å². The van der Waals surface area contributed by atoms with Crippen molar-refractivity contribution in [3.05, 3.63) is 70.8 Å². The number of nitrogens with one attached hydrogen (secondary N) is 1. The van der Waals surface area contributed by atoms with Gasteiger partial charge in [0.05, 0.1) is 5.56 Å². The van der Waals surface area contributed by atoms with Crippen molar-refractivity contribution in [3.8, 4) is 0 Å². The van der Waals surface area contributed by atoms with Gasteiger partial charge in [0.1, 0.15) is 0 Å². The SMILES string of the molecule is O=C(NCc1cccc(C(F)(F)F)c1)c1ccc(F)c(F)c1. The molecule has 0 aliphatic carbocycles. The molecule has 116 valence electrons. The van der Waals surface area contributed by atoms with Gasteiger partial charge in [-0.3, -0.25) is 4.79 Å². The Labute approximate surface area is 122 Å². The van der Waals surface area contributed by atoms with Crippen molar-refractivity contribution in [2.45, 2.75) is 12.7 Å². The lowest BCUT2D eigenvalue weighted by molar-refractivity contribution is -0.137. The average molecular weight is 315 g/mol. The molecular weight excluding hydrogens is 305 g/mol. The van der Waals surface area contributed by atoms with Crippen LogP contribution < -0.4 is 5.32 Å². The van der Waals surface area contributed by atoms with Crippen LogP contribution >= 0.6 is 0 Å². The second-order valence-corrected chi connectivity index (χ2v) is 4.51. The first-order valence-corrected chi connectivity index (χ1v) is 6.17. The van der Waals surface area contributed by atoms with Crippen molar-refractivity contribution in [2.75, 3.05) is 0 Å². The van der Waals surface area contributed by atoms with E-state index < -0.39 is 29.3 Å². The van der Waals surface area contributed by atoms with Gasteiger partial charge in [-0.15, -0.1) is 0 Å². The van der Waals surface area contributed by atoms with Crippen LogP contribution in [0.5, 0.6) is 0 Å². The van der Waals surface area contributed by atoms with Crippen molar-refractivity contribution in [3.63, 3.8) is 0 Å². The Hall–Kier alpha value is -2.44. The molecule has 0 atom stereocenters. The van der Waals surface area contributed by atoms with Crippen molar-refractivity contribution in [2.24, 2.45) is 0 Å². The third-order valence-corrected chi connectivity index (χ3v) is 2.89. The molecule has 0 saturated carbocycles. The van der Waals surface area contributed by atoms with Gasteiger partial charge >= 0.3 is 6.18 Å². The molecule has 0 bridgehead atoms. The molecule has 0 radical (unpaired) electrons. The van der Waals surface area contributed by atoms with E-state index in [1.807, 2.05) is 0 Å². The van der Waals surface area contributed by atoms with Gasteiger partial charge in [-0.25, -0.2) is 8.78 Å². The van der Waals surface area contributed by atoms with Crippen LogP contribution in [0.2, 0.25) is 0 Å². The molecule has 2 aromatic carbocycles. The van der Waals surface area contributed by atoms with Gasteiger partial charge in [-0.05, 0) is 35.9 Å². The highest BCUT2D eigenvalue weighted by atomic mass is 19.4. The van der Waals surface area contributed by atoms with E-state index in [4.69, 9.17) is 0 Å². The highest BCUT2D eigenvalue weighted by molar-refractivity contribution is 5.94. The van der Waals surface area contributed by atoms with Crippen LogP contribution in [-0.2, 0) is 12.7 Å². The summed E-state index contributed by atoms with van der Waals surface area (Å²) in [7, 11) is 0. The van der Waals surface area contributed by atoms with Gasteiger partial charge in [0.2, 0.25) is 0 Å². The van der Waals surface area contributed by atoms with Gasteiger partial charge < -0.3 is 5.32 Å². The number of alkyl halides is 3. The lowest BCUT2D eigenvalue weighted by Gasteiger charge is -2.10. The molecule has 2 aromatic rings. The predicted molar refractivity (Wildman–Crippen MR) is 69.0 cm³/mol. The van der Waals surface area contributed by atoms with Crippen LogP contribution in [0, 0.1) is 11.6 Å². The number of hydrogen-bond donors (Lipinski definition) is 1. The molecule has 22 heavy (non-hydrogen) atoms. The zero-order valence-electron chi connectivity index (χ0n) is 11.0. The van der Waals surface area contributed by atoms with Crippen molar-refractivity contribution < 1.29 is 26.7 Å². The monoisotopic (exact) mass is 315 g/mol. The maximum absolute atomic E-state index is 13.0. The lowest BCUT2D eigenvalue weighted by Crippen LogP contribution is -2.23. The van der Waals surface area contributed by atoms with E-state index in [0.717, 1.165) is 30.3 Å². The highest BCUT2D eigenvalue weighted by Gasteiger charge is 2.30. The van der Waals surface area contributed by atoms with Crippen LogP contribution in [0.1, 0.15) is 21.5 Å². The Kier molecular flexibility index (Phi) is 4.44. The highest BCUT2D eigenvalue weighted by Crippen LogP contribution is 2.29. The summed E-state index contributed by atoms with van der Waals surface area (Å²) in [4.78, 5) is 11.7. The molecule has 0 spiro atoms. The Morgan fingerprint density at radius 2 is 1.73 bits per heavy atom. The fraction of sp³-hybridized carbons (Fsp3) is 0.133. The summed E-state index contributed by atoms with van der Waals surface area (Å²) in [5, 5.41) is 2.35. The molecule has 0 unspecified atom stereocenters. The van der Waals surface area contributed by atoms with E-state index in [2.05, 4.69) is 5.32 Å². The third-order valence-electron chi connectivity index (χ3n) is 2.89. The Balaban J connectivity index is 2.06. The Bertz CT molecular complexity index is 697. The molecule has 7 heteroatoms. The molecule has 1 amide bonds. The maximum Gasteiger partial charge on any atom is 0.416 e. The molecule has 1 N–H and O–H groups in total. The van der Waals surface area contributed by atoms with Gasteiger partial charge in [0, 0.05) is 12.1 Å². The van der Waals surface area contributed by atoms with Crippen LogP contribution in [-0.4, -0.2) is 5.91 Å². The number of rotatable bonds is 3. The molecule has 2 nitrogen and oxygen atoms in total. The quantitative estimate of drug-likeness (QED) is 0.855. The summed E-state index contributed by atoms with van der Waals surface area (Å²) in [6.07, 6.45) is -4.47. The molecule has 0 aliphatic rings. The summed E-state index contributed by atoms with van der Waals surface area (Å²) in [6.45, 7) is -0.165. The van der Waals surface area contributed by atoms with E-state index in [9.17, 15) is 26.7 Å². The largest absolute Gasteiger partial charge is 0.416 e. The number of carbonyl (C=O) groups excluding carboxylic acids is 1. The van der Waals surface area contributed by atoms with E-state index in [1.54, 1.807) is 0 Å². The van der Waals surface area contributed by atoms with Gasteiger partial charge in [0.15, 0.2) is 11.6 Å². The van der Waals surface area contributed by atoms with Crippen LogP contribution in [0.3, 0.4) is 0 Å². The second-order valence-electron chi connectivity index (χ2n) is 4.51. The van der Waals surface area contributed by atoms with Crippen LogP contribution in [0.15, 0.2) is 42.5 Å². The molecule has 0 fully saturated rings. The van der Waals surface area contributed by atoms with Gasteiger partial charge in [-0.2, -0.15) is 13.2 Å². The van der Waals surface area contributed by atoms with Crippen molar-refractivity contribution in [1.29, 1.82) is 0 Å². The Morgan fingerprint density at radius 3 is 2.36 bits per heavy atom. The van der Waals surface area contributed by atoms with E-state index in [-0.39, 0.29) is 17.7 Å². The normalized spacial score (nSPS) is 11.3. The smallest absolute Gasteiger partial charge is 0.348 e. The minimum Gasteiger partial charge on any atom is -0.348 e. The van der Waals surface area contributed by atoms with Crippen LogP contribution in [0.25, 0.3) is 0 Å². The second kappa shape index (κ2) is 6.13. The van der Waals surface area contributed by atoms with Crippen molar-refractivity contribution in [1.82, 2.24) is 5.32 Å². The molecule has 2 rings (SSSR count). The zero-order valence-corrected chi connectivity index (χ0v) is 11.0. The summed E-state index contributed by atoms with van der Waals surface area (Å²) < 4.78 is 63.4. The Morgan fingerprint density at radius 1 is 1.00 bits per heavy atom. The summed E-state index contributed by atoms with van der Waals surface area (Å²) >= 11 is 0. The molecule has 0 aromatic heterocycles. The molecule has 0 heterocycles. The summed E-state index contributed by atoms with van der Waals surface area (Å²) in [5.74, 6) is -2.97. The van der Waals surface area contributed by atoms with Gasteiger partial charge in [-0.1, -0.05) is 12.1 Å². The predicted octanol–water partition coefficient (Wildman–Crippen LogP) is 3.91. The van der Waals surface area contributed by atoms with Gasteiger partial charge in [0.25, 0.3) is 5.91 Å². The first-order chi connectivity index (χ1) is 10.3. The molecule has 0 aliphatic heterocycles. The fourth-order valence-corrected chi connectivity index (χ4v) is 1.78. The average Bonchev–Trinajstić information content (AvgIpc) is 2.47. The van der Waals surface area contributed by atoms with Crippen molar-refractivity contribution >= 4 is 5.91 Å². The number of hydrogen-bond acceptors (Lipinski definition) is 1. The standard InChI is InChI=1S/C15H10F5NO/c16-12-5-4-10(7-13(12)17)14(22)21-8-9-2-1-3-11(6-9)15(18,19)20/h1-7H,8H2,(H,21,22). The number of halogens is 5. The third kappa shape index (κ3) is 3.81. The van der Waals surface area contributed by atoms with E-state index >= 15 is 0 Å². The first-order valence-electron chi connectivity index (χ1n) is 6.17. The zero-order chi connectivity index (χ0) is 16.3. The summed E-state index contributed by atoms with van der Waals surface area (Å²) in [6, 6.07) is 7.07. The van der Waals surface area contributed by atoms with E-state index in [1.165, 1.54) is 12.1 Å². The maximum atomic E-state index is 13.0. The molecule has 0 saturated heterocycles. The first kappa shape index (κ1) is 15.9. The lowest BCUT2D eigenvalue weighted by atomic mass is 10.1. The summed E-state index contributed by atoms with van der Waals surface area (Å²) in [5.41, 5.74) is -0.705. The minimum atomic E-state index is -4.47. The van der Waals surface area contributed by atoms with E-state index in [0.29, 0.717) is 0 Å².